The van der Waals surface area contributed by atoms with Gasteiger partial charge in [-0.3, -0.25) is 9.79 Å². The zero-order valence-electron chi connectivity index (χ0n) is 15.0. The van der Waals surface area contributed by atoms with E-state index < -0.39 is 0 Å². The minimum absolute atomic E-state index is 0.0172. The lowest BCUT2D eigenvalue weighted by Crippen LogP contribution is -2.33. The Hall–Kier alpha value is -2.72. The van der Waals surface area contributed by atoms with Crippen LogP contribution in [0.4, 0.5) is 11.4 Å². The van der Waals surface area contributed by atoms with Gasteiger partial charge in [-0.1, -0.05) is 70.5 Å². The van der Waals surface area contributed by atoms with Gasteiger partial charge in [-0.2, -0.15) is 0 Å². The maximum atomic E-state index is 12.7. The van der Waals surface area contributed by atoms with Crippen molar-refractivity contribution in [3.63, 3.8) is 0 Å². The average Bonchev–Trinajstić information content (AvgIpc) is 2.86. The minimum Gasteiger partial charge on any atom is -0.303 e. The molecule has 0 bridgehead atoms. The number of nitrogens with zero attached hydrogens (tertiary/aromatic N) is 2. The first-order chi connectivity index (χ1) is 13.1. The number of benzene rings is 3. The fraction of sp³-hybridized carbons (Fsp3) is 0.130. The lowest BCUT2D eigenvalue weighted by atomic mass is 9.96. The summed E-state index contributed by atoms with van der Waals surface area (Å²) in [6.07, 6.45) is 0.653. The third-order valence-corrected chi connectivity index (χ3v) is 5.32. The van der Waals surface area contributed by atoms with E-state index >= 15 is 0 Å². The highest BCUT2D eigenvalue weighted by Crippen LogP contribution is 2.40. The number of hydrogen-bond donors (Lipinski definition) is 0. The fourth-order valence-electron chi connectivity index (χ4n) is 3.55. The van der Waals surface area contributed by atoms with Crippen LogP contribution in [0, 0.1) is 0 Å². The molecule has 3 aromatic rings. The van der Waals surface area contributed by atoms with E-state index in [1.165, 1.54) is 0 Å². The SMILES string of the molecule is CC(=O)N1c2ccccc2N=C(c2ccc(Br)cc2)C[C@H]1c1ccccc1. The van der Waals surface area contributed by atoms with Gasteiger partial charge in [0.25, 0.3) is 0 Å². The number of halogens is 1. The molecule has 0 aromatic heterocycles. The summed E-state index contributed by atoms with van der Waals surface area (Å²) in [5.41, 5.74) is 4.83. The molecule has 0 N–H and O–H groups in total. The van der Waals surface area contributed by atoms with Gasteiger partial charge in [0, 0.05) is 17.8 Å². The Bertz CT molecular complexity index is 996. The van der Waals surface area contributed by atoms with Gasteiger partial charge in [-0.05, 0) is 35.4 Å². The molecule has 4 rings (SSSR count). The van der Waals surface area contributed by atoms with Crippen LogP contribution in [0.5, 0.6) is 0 Å². The van der Waals surface area contributed by atoms with Crippen molar-refractivity contribution in [1.29, 1.82) is 0 Å². The molecular formula is C23H19BrN2O. The summed E-state index contributed by atoms with van der Waals surface area (Å²) in [4.78, 5) is 19.5. The second kappa shape index (κ2) is 7.49. The molecule has 0 saturated carbocycles. The molecule has 0 aliphatic carbocycles. The van der Waals surface area contributed by atoms with Crippen LogP contribution in [-0.4, -0.2) is 11.6 Å². The number of rotatable bonds is 2. The molecule has 0 saturated heterocycles. The summed E-state index contributed by atoms with van der Waals surface area (Å²) in [5, 5.41) is 0. The molecule has 1 aliphatic heterocycles. The first-order valence-electron chi connectivity index (χ1n) is 8.91. The molecule has 0 unspecified atom stereocenters. The van der Waals surface area contributed by atoms with Crippen molar-refractivity contribution in [2.24, 2.45) is 4.99 Å². The predicted molar refractivity (Wildman–Crippen MR) is 114 cm³/mol. The van der Waals surface area contributed by atoms with Crippen molar-refractivity contribution in [2.75, 3.05) is 4.90 Å². The maximum absolute atomic E-state index is 12.7. The second-order valence-electron chi connectivity index (χ2n) is 6.57. The molecule has 3 nitrogen and oxygen atoms in total. The minimum atomic E-state index is -0.102. The largest absolute Gasteiger partial charge is 0.303 e. The smallest absolute Gasteiger partial charge is 0.224 e. The molecule has 27 heavy (non-hydrogen) atoms. The normalized spacial score (nSPS) is 16.3. The number of aliphatic imine (C=N–C) groups is 1. The van der Waals surface area contributed by atoms with Crippen LogP contribution in [0.25, 0.3) is 0 Å². The molecule has 134 valence electrons. The van der Waals surface area contributed by atoms with Gasteiger partial charge in [-0.25, -0.2) is 0 Å². The number of para-hydroxylation sites is 2. The van der Waals surface area contributed by atoms with Crippen LogP contribution in [-0.2, 0) is 4.79 Å². The van der Waals surface area contributed by atoms with Crippen LogP contribution in [0.15, 0.2) is 88.3 Å². The predicted octanol–water partition coefficient (Wildman–Crippen LogP) is 6.07. The van der Waals surface area contributed by atoms with E-state index in [2.05, 4.69) is 40.2 Å². The molecule has 1 amide bonds. The molecule has 0 fully saturated rings. The van der Waals surface area contributed by atoms with E-state index in [9.17, 15) is 4.79 Å². The van der Waals surface area contributed by atoms with Gasteiger partial charge in [-0.15, -0.1) is 0 Å². The highest BCUT2D eigenvalue weighted by atomic mass is 79.9. The fourth-order valence-corrected chi connectivity index (χ4v) is 3.82. The molecule has 3 aromatic carbocycles. The molecule has 1 aliphatic rings. The van der Waals surface area contributed by atoms with Crippen molar-refractivity contribution in [3.8, 4) is 0 Å². The second-order valence-corrected chi connectivity index (χ2v) is 7.49. The summed E-state index contributed by atoms with van der Waals surface area (Å²) >= 11 is 3.50. The maximum Gasteiger partial charge on any atom is 0.224 e. The number of hydrogen-bond acceptors (Lipinski definition) is 2. The van der Waals surface area contributed by atoms with Gasteiger partial charge in [0.05, 0.1) is 23.1 Å². The van der Waals surface area contributed by atoms with Gasteiger partial charge in [0.1, 0.15) is 0 Å². The molecule has 0 spiro atoms. The molecule has 1 atom stereocenters. The summed E-state index contributed by atoms with van der Waals surface area (Å²) in [6.45, 7) is 1.62. The molecular weight excluding hydrogens is 400 g/mol. The zero-order valence-corrected chi connectivity index (χ0v) is 16.6. The monoisotopic (exact) mass is 418 g/mol. The van der Waals surface area contributed by atoms with E-state index in [1.807, 2.05) is 59.5 Å². The summed E-state index contributed by atoms with van der Waals surface area (Å²) in [6, 6.07) is 26.1. The quantitative estimate of drug-likeness (QED) is 0.497. The van der Waals surface area contributed by atoms with Crippen LogP contribution >= 0.6 is 15.9 Å². The summed E-state index contributed by atoms with van der Waals surface area (Å²) in [5.74, 6) is 0.0172. The van der Waals surface area contributed by atoms with E-state index in [0.29, 0.717) is 6.42 Å². The Kier molecular flexibility index (Phi) is 4.90. The Balaban J connectivity index is 1.90. The molecule has 0 radical (unpaired) electrons. The third kappa shape index (κ3) is 3.58. The van der Waals surface area contributed by atoms with Crippen LogP contribution < -0.4 is 4.90 Å². The van der Waals surface area contributed by atoms with E-state index in [0.717, 1.165) is 32.7 Å². The van der Waals surface area contributed by atoms with E-state index in [-0.39, 0.29) is 11.9 Å². The highest BCUT2D eigenvalue weighted by molar-refractivity contribution is 9.10. The van der Waals surface area contributed by atoms with E-state index in [1.54, 1.807) is 6.92 Å². The van der Waals surface area contributed by atoms with Crippen molar-refractivity contribution < 1.29 is 4.79 Å². The third-order valence-electron chi connectivity index (χ3n) is 4.80. The van der Waals surface area contributed by atoms with Crippen LogP contribution in [0.1, 0.15) is 30.5 Å². The summed E-state index contributed by atoms with van der Waals surface area (Å²) in [7, 11) is 0. The number of carbonyl (C=O) groups excluding carboxylic acids is 1. The first kappa shape index (κ1) is 17.7. The molecule has 1 heterocycles. The number of amides is 1. The van der Waals surface area contributed by atoms with Gasteiger partial charge in [0.2, 0.25) is 5.91 Å². The van der Waals surface area contributed by atoms with Crippen molar-refractivity contribution >= 4 is 38.9 Å². The van der Waals surface area contributed by atoms with Crippen molar-refractivity contribution in [2.45, 2.75) is 19.4 Å². The topological polar surface area (TPSA) is 32.7 Å². The highest BCUT2D eigenvalue weighted by Gasteiger charge is 2.30. The standard InChI is InChI=1S/C23H19BrN2O/c1-16(27)26-22-10-6-5-9-20(22)25-21(17-11-13-19(24)14-12-17)15-23(26)18-7-3-2-4-8-18/h2-14,23H,15H2,1H3/t23-/m0/s1. The van der Waals surface area contributed by atoms with Crippen LogP contribution in [0.3, 0.4) is 0 Å². The van der Waals surface area contributed by atoms with Crippen LogP contribution in [0.2, 0.25) is 0 Å². The Morgan fingerprint density at radius 3 is 2.33 bits per heavy atom. The number of anilines is 1. The summed E-state index contributed by atoms with van der Waals surface area (Å²) < 4.78 is 1.03. The molecule has 4 heteroatoms. The van der Waals surface area contributed by atoms with Gasteiger partial charge < -0.3 is 4.90 Å². The van der Waals surface area contributed by atoms with Crippen molar-refractivity contribution in [1.82, 2.24) is 0 Å². The lowest BCUT2D eigenvalue weighted by Gasteiger charge is -2.30. The zero-order chi connectivity index (χ0) is 18.8. The Morgan fingerprint density at radius 1 is 0.963 bits per heavy atom. The Labute approximate surface area is 167 Å². The van der Waals surface area contributed by atoms with Gasteiger partial charge in [0.15, 0.2) is 0 Å². The van der Waals surface area contributed by atoms with Gasteiger partial charge >= 0.3 is 0 Å². The average molecular weight is 419 g/mol. The number of fused-ring (bicyclic) bond motifs is 1. The number of carbonyl (C=O) groups is 1. The lowest BCUT2D eigenvalue weighted by molar-refractivity contribution is -0.117. The van der Waals surface area contributed by atoms with E-state index in [4.69, 9.17) is 4.99 Å². The van der Waals surface area contributed by atoms with Crippen molar-refractivity contribution in [3.05, 3.63) is 94.5 Å². The Morgan fingerprint density at radius 2 is 1.63 bits per heavy atom. The first-order valence-corrected chi connectivity index (χ1v) is 9.70.